The van der Waals surface area contributed by atoms with Crippen LogP contribution in [0.25, 0.3) is 11.0 Å². The van der Waals surface area contributed by atoms with Gasteiger partial charge in [0.15, 0.2) is 11.5 Å². The van der Waals surface area contributed by atoms with Gasteiger partial charge in [-0.05, 0) is 13.3 Å². The molecule has 2 aromatic rings. The lowest BCUT2D eigenvalue weighted by atomic mass is 10.0. The Morgan fingerprint density at radius 2 is 2.05 bits per heavy atom. The number of anilines is 1. The predicted octanol–water partition coefficient (Wildman–Crippen LogP) is 2.06. The number of hydrogen-bond donors (Lipinski definition) is 1. The molecule has 21 heavy (non-hydrogen) atoms. The molecule has 0 bridgehead atoms. The maximum atomic E-state index is 6.09. The summed E-state index contributed by atoms with van der Waals surface area (Å²) in [5, 5.41) is 0. The number of rotatable bonds is 4. The van der Waals surface area contributed by atoms with Crippen LogP contribution in [0.1, 0.15) is 13.3 Å². The van der Waals surface area contributed by atoms with Crippen molar-refractivity contribution in [3.05, 3.63) is 12.1 Å². The van der Waals surface area contributed by atoms with Gasteiger partial charge >= 0.3 is 0 Å². The van der Waals surface area contributed by atoms with E-state index < -0.39 is 0 Å². The van der Waals surface area contributed by atoms with Gasteiger partial charge in [0.05, 0.1) is 31.4 Å². The molecule has 0 radical (unpaired) electrons. The van der Waals surface area contributed by atoms with E-state index in [0.717, 1.165) is 30.6 Å². The van der Waals surface area contributed by atoms with Crippen molar-refractivity contribution in [2.24, 2.45) is 5.92 Å². The number of nitrogens with zero attached hydrogens (tertiary/aromatic N) is 2. The summed E-state index contributed by atoms with van der Waals surface area (Å²) in [4.78, 5) is 4.43. The zero-order chi connectivity index (χ0) is 15.0. The summed E-state index contributed by atoms with van der Waals surface area (Å²) in [5.74, 6) is 2.31. The van der Waals surface area contributed by atoms with Gasteiger partial charge in [-0.25, -0.2) is 4.98 Å². The molecular weight excluding hydrogens is 270 g/mol. The smallest absolute Gasteiger partial charge is 0.201 e. The number of hydrogen-bond acceptors (Lipinski definition) is 5. The number of aromatic nitrogens is 2. The second-order valence-electron chi connectivity index (χ2n) is 5.40. The average molecular weight is 291 g/mol. The maximum absolute atomic E-state index is 6.09. The average Bonchev–Trinajstić information content (AvgIpc) is 3.02. The Morgan fingerprint density at radius 3 is 2.67 bits per heavy atom. The summed E-state index contributed by atoms with van der Waals surface area (Å²) in [7, 11) is 3.24. The highest BCUT2D eigenvalue weighted by Gasteiger charge is 2.26. The molecule has 1 saturated heterocycles. The largest absolute Gasteiger partial charge is 0.493 e. The number of nitrogens with two attached hydrogens (primary N) is 1. The maximum Gasteiger partial charge on any atom is 0.201 e. The molecule has 2 heterocycles. The molecule has 114 valence electrons. The molecular formula is C15H21N3O3. The van der Waals surface area contributed by atoms with Crippen LogP contribution in [0.2, 0.25) is 0 Å². The Morgan fingerprint density at radius 1 is 1.33 bits per heavy atom. The van der Waals surface area contributed by atoms with Gasteiger partial charge in [0.2, 0.25) is 5.95 Å². The zero-order valence-electron chi connectivity index (χ0n) is 12.6. The van der Waals surface area contributed by atoms with Crippen LogP contribution >= 0.6 is 0 Å². The molecule has 1 aromatic heterocycles. The molecule has 0 saturated carbocycles. The van der Waals surface area contributed by atoms with E-state index in [1.54, 1.807) is 14.2 Å². The van der Waals surface area contributed by atoms with E-state index in [2.05, 4.69) is 11.9 Å². The monoisotopic (exact) mass is 291 g/mol. The molecule has 0 amide bonds. The standard InChI is InChI=1S/C15H21N3O3/c1-9-10(4-5-21-9)8-18-12-7-14(20-3)13(19-2)6-11(12)17-15(18)16/h6-7,9-10H,4-5,8H2,1-3H3,(H2,16,17). The highest BCUT2D eigenvalue weighted by molar-refractivity contribution is 5.82. The first-order valence-corrected chi connectivity index (χ1v) is 7.13. The number of imidazole rings is 1. The number of ether oxygens (including phenoxy) is 3. The fourth-order valence-electron chi connectivity index (χ4n) is 2.91. The fraction of sp³-hybridized carbons (Fsp3) is 0.533. The first kappa shape index (κ1) is 14.0. The molecule has 2 unspecified atom stereocenters. The summed E-state index contributed by atoms with van der Waals surface area (Å²) in [6.07, 6.45) is 1.30. The number of nitrogen functional groups attached to an aromatic ring is 1. The molecule has 1 aliphatic heterocycles. The summed E-state index contributed by atoms with van der Waals surface area (Å²) in [6, 6.07) is 3.79. The molecule has 2 N–H and O–H groups in total. The highest BCUT2D eigenvalue weighted by Crippen LogP contribution is 2.34. The highest BCUT2D eigenvalue weighted by atomic mass is 16.5. The zero-order valence-corrected chi connectivity index (χ0v) is 12.6. The van der Waals surface area contributed by atoms with E-state index in [1.165, 1.54) is 0 Å². The molecule has 1 aromatic carbocycles. The lowest BCUT2D eigenvalue weighted by Gasteiger charge is -2.16. The topological polar surface area (TPSA) is 71.5 Å². The van der Waals surface area contributed by atoms with E-state index in [1.807, 2.05) is 16.7 Å². The van der Waals surface area contributed by atoms with Gasteiger partial charge in [-0.3, -0.25) is 0 Å². The summed E-state index contributed by atoms with van der Waals surface area (Å²) in [6.45, 7) is 3.73. The Kier molecular flexibility index (Phi) is 3.63. The summed E-state index contributed by atoms with van der Waals surface area (Å²) >= 11 is 0. The van der Waals surface area contributed by atoms with Crippen molar-refractivity contribution in [2.45, 2.75) is 26.0 Å². The van der Waals surface area contributed by atoms with Gasteiger partial charge in [-0.1, -0.05) is 0 Å². The van der Waals surface area contributed by atoms with Gasteiger partial charge in [0.1, 0.15) is 0 Å². The Bertz CT molecular complexity index is 653. The van der Waals surface area contributed by atoms with Gasteiger partial charge in [0, 0.05) is 31.2 Å². The number of benzene rings is 1. The van der Waals surface area contributed by atoms with Crippen LogP contribution in [0.4, 0.5) is 5.95 Å². The predicted molar refractivity (Wildman–Crippen MR) is 80.8 cm³/mol. The van der Waals surface area contributed by atoms with E-state index in [9.17, 15) is 0 Å². The molecule has 0 aliphatic carbocycles. The minimum Gasteiger partial charge on any atom is -0.493 e. The molecule has 1 fully saturated rings. The minimum atomic E-state index is 0.252. The lowest BCUT2D eigenvalue weighted by Crippen LogP contribution is -2.19. The van der Waals surface area contributed by atoms with Crippen LogP contribution in [-0.2, 0) is 11.3 Å². The van der Waals surface area contributed by atoms with Gasteiger partial charge in [0.25, 0.3) is 0 Å². The van der Waals surface area contributed by atoms with Crippen molar-refractivity contribution in [3.63, 3.8) is 0 Å². The fourth-order valence-corrected chi connectivity index (χ4v) is 2.91. The molecule has 6 heteroatoms. The lowest BCUT2D eigenvalue weighted by molar-refractivity contribution is 0.102. The van der Waals surface area contributed by atoms with Gasteiger partial charge in [-0.2, -0.15) is 0 Å². The second kappa shape index (κ2) is 5.44. The van der Waals surface area contributed by atoms with Crippen molar-refractivity contribution in [3.8, 4) is 11.5 Å². The van der Waals surface area contributed by atoms with Crippen molar-refractivity contribution in [1.29, 1.82) is 0 Å². The van der Waals surface area contributed by atoms with Crippen LogP contribution in [-0.4, -0.2) is 36.5 Å². The quantitative estimate of drug-likeness (QED) is 0.933. The second-order valence-corrected chi connectivity index (χ2v) is 5.40. The minimum absolute atomic E-state index is 0.252. The Labute approximate surface area is 123 Å². The summed E-state index contributed by atoms with van der Waals surface area (Å²) < 4.78 is 18.3. The summed E-state index contributed by atoms with van der Waals surface area (Å²) in [5.41, 5.74) is 7.87. The molecule has 6 nitrogen and oxygen atoms in total. The van der Waals surface area contributed by atoms with E-state index in [0.29, 0.717) is 23.4 Å². The molecule has 3 rings (SSSR count). The van der Waals surface area contributed by atoms with Crippen LogP contribution < -0.4 is 15.2 Å². The van der Waals surface area contributed by atoms with Crippen LogP contribution in [0.15, 0.2) is 12.1 Å². The van der Waals surface area contributed by atoms with Crippen molar-refractivity contribution < 1.29 is 14.2 Å². The number of methoxy groups -OCH3 is 2. The van der Waals surface area contributed by atoms with Crippen LogP contribution in [0, 0.1) is 5.92 Å². The van der Waals surface area contributed by atoms with Crippen LogP contribution in [0.5, 0.6) is 11.5 Å². The first-order chi connectivity index (χ1) is 10.1. The van der Waals surface area contributed by atoms with E-state index in [-0.39, 0.29) is 6.10 Å². The molecule has 1 aliphatic rings. The normalized spacial score (nSPS) is 21.9. The van der Waals surface area contributed by atoms with E-state index >= 15 is 0 Å². The van der Waals surface area contributed by atoms with E-state index in [4.69, 9.17) is 19.9 Å². The van der Waals surface area contributed by atoms with Crippen LogP contribution in [0.3, 0.4) is 0 Å². The third-order valence-electron chi connectivity index (χ3n) is 4.23. The SMILES string of the molecule is COc1cc2nc(N)n(CC3CCOC3C)c2cc1OC. The Hall–Kier alpha value is -1.95. The molecule has 0 spiro atoms. The number of fused-ring (bicyclic) bond motifs is 1. The Balaban J connectivity index is 2.03. The third kappa shape index (κ3) is 2.40. The first-order valence-electron chi connectivity index (χ1n) is 7.13. The van der Waals surface area contributed by atoms with Crippen molar-refractivity contribution >= 4 is 17.0 Å². The van der Waals surface area contributed by atoms with Crippen molar-refractivity contribution in [1.82, 2.24) is 9.55 Å². The third-order valence-corrected chi connectivity index (χ3v) is 4.23. The van der Waals surface area contributed by atoms with Gasteiger partial charge in [-0.15, -0.1) is 0 Å². The van der Waals surface area contributed by atoms with Gasteiger partial charge < -0.3 is 24.5 Å². The molecule has 2 atom stereocenters. The van der Waals surface area contributed by atoms with Crippen molar-refractivity contribution in [2.75, 3.05) is 26.6 Å².